The number of piperidine rings is 1. The average Bonchev–Trinajstić information content (AvgIpc) is 3.06. The molecule has 0 bridgehead atoms. The number of rotatable bonds is 4. The molecule has 1 aliphatic carbocycles. The number of aryl methyl sites for hydroxylation is 1. The SMILES string of the molecule is C=NC1=C(/C=C\C)[C@H](N)C2(CCN(c3nc(C)n(-c4cccc(Cl)c4Cl)c(=O)c3C)CC2)C1. The highest BCUT2D eigenvalue weighted by Gasteiger charge is 2.47. The van der Waals surface area contributed by atoms with Gasteiger partial charge in [-0.3, -0.25) is 14.4 Å². The Balaban J connectivity index is 1.62. The lowest BCUT2D eigenvalue weighted by Gasteiger charge is -2.43. The monoisotopic (exact) mass is 485 g/mol. The zero-order chi connectivity index (χ0) is 23.9. The van der Waals surface area contributed by atoms with Crippen LogP contribution in [0, 0.1) is 19.3 Å². The minimum atomic E-state index is -0.144. The molecule has 1 spiro atoms. The van der Waals surface area contributed by atoms with E-state index in [1.807, 2.05) is 26.8 Å². The van der Waals surface area contributed by atoms with Gasteiger partial charge in [-0.15, -0.1) is 0 Å². The summed E-state index contributed by atoms with van der Waals surface area (Å²) in [6.45, 7) is 10.9. The third-order valence-corrected chi connectivity index (χ3v) is 7.88. The molecule has 1 fully saturated rings. The van der Waals surface area contributed by atoms with Crippen LogP contribution in [0.15, 0.2) is 51.4 Å². The van der Waals surface area contributed by atoms with E-state index in [1.54, 1.807) is 18.2 Å². The summed E-state index contributed by atoms with van der Waals surface area (Å²) in [5.41, 5.74) is 9.74. The zero-order valence-corrected chi connectivity index (χ0v) is 20.7. The summed E-state index contributed by atoms with van der Waals surface area (Å²) < 4.78 is 1.53. The standard InChI is InChI=1S/C25H29Cl2N5O/c1-5-7-17-19(29-4)14-25(22(17)28)10-12-31(13-11-25)23-15(2)24(33)32(16(3)30-23)20-9-6-8-18(26)21(20)27/h5-9,22H,4,10-14,28H2,1-3H3/b7-5-/t22-/m0/s1. The van der Waals surface area contributed by atoms with Crippen LogP contribution in [-0.4, -0.2) is 35.4 Å². The first-order valence-electron chi connectivity index (χ1n) is 11.1. The third-order valence-electron chi connectivity index (χ3n) is 7.07. The van der Waals surface area contributed by atoms with Crippen molar-refractivity contribution in [3.63, 3.8) is 0 Å². The topological polar surface area (TPSA) is 76.5 Å². The van der Waals surface area contributed by atoms with Gasteiger partial charge in [-0.25, -0.2) is 4.98 Å². The molecule has 2 heterocycles. The van der Waals surface area contributed by atoms with E-state index in [2.05, 4.69) is 22.7 Å². The van der Waals surface area contributed by atoms with Crippen molar-refractivity contribution in [2.24, 2.45) is 16.1 Å². The van der Waals surface area contributed by atoms with Crippen LogP contribution >= 0.6 is 23.2 Å². The first-order valence-corrected chi connectivity index (χ1v) is 11.9. The highest BCUT2D eigenvalue weighted by Crippen LogP contribution is 2.49. The van der Waals surface area contributed by atoms with Gasteiger partial charge in [0.1, 0.15) is 11.6 Å². The number of allylic oxidation sites excluding steroid dienone is 2. The van der Waals surface area contributed by atoms with Crippen LogP contribution in [-0.2, 0) is 0 Å². The number of aliphatic imine (C=N–C) groups is 1. The minimum absolute atomic E-state index is 0.0336. The van der Waals surface area contributed by atoms with Crippen molar-refractivity contribution in [3.8, 4) is 5.69 Å². The quantitative estimate of drug-likeness (QED) is 0.617. The van der Waals surface area contributed by atoms with Gasteiger partial charge in [0.2, 0.25) is 0 Å². The molecule has 33 heavy (non-hydrogen) atoms. The van der Waals surface area contributed by atoms with Crippen molar-refractivity contribution in [2.45, 2.75) is 46.1 Å². The van der Waals surface area contributed by atoms with E-state index >= 15 is 0 Å². The Hall–Kier alpha value is -2.41. The molecule has 8 heteroatoms. The van der Waals surface area contributed by atoms with Gasteiger partial charge in [-0.05, 0) is 69.9 Å². The Morgan fingerprint density at radius 1 is 1.27 bits per heavy atom. The Kier molecular flexibility index (Phi) is 6.54. The molecule has 2 aromatic rings. The van der Waals surface area contributed by atoms with Crippen LogP contribution in [0.1, 0.15) is 37.6 Å². The van der Waals surface area contributed by atoms with Gasteiger partial charge in [0.05, 0.1) is 21.3 Å². The van der Waals surface area contributed by atoms with Crippen molar-refractivity contribution < 1.29 is 0 Å². The minimum Gasteiger partial charge on any atom is -0.356 e. The summed E-state index contributed by atoms with van der Waals surface area (Å²) in [7, 11) is 0. The Labute approximate surface area is 204 Å². The summed E-state index contributed by atoms with van der Waals surface area (Å²) in [5, 5.41) is 0.736. The highest BCUT2D eigenvalue weighted by molar-refractivity contribution is 6.43. The molecule has 4 rings (SSSR count). The summed E-state index contributed by atoms with van der Waals surface area (Å²) in [5.74, 6) is 1.29. The van der Waals surface area contributed by atoms with Crippen LogP contribution < -0.4 is 16.2 Å². The second kappa shape index (κ2) is 9.09. The fraction of sp³-hybridized carbons (Fsp3) is 0.400. The maximum atomic E-state index is 13.4. The van der Waals surface area contributed by atoms with E-state index in [-0.39, 0.29) is 17.0 Å². The van der Waals surface area contributed by atoms with Crippen molar-refractivity contribution >= 4 is 35.7 Å². The van der Waals surface area contributed by atoms with Gasteiger partial charge in [0, 0.05) is 24.8 Å². The molecule has 2 N–H and O–H groups in total. The predicted octanol–water partition coefficient (Wildman–Crippen LogP) is 5.00. The molecule has 2 aliphatic rings. The predicted molar refractivity (Wildman–Crippen MR) is 137 cm³/mol. The normalized spacial score (nSPS) is 20.3. The maximum Gasteiger partial charge on any atom is 0.263 e. The number of hydrogen-bond acceptors (Lipinski definition) is 5. The number of benzene rings is 1. The Morgan fingerprint density at radius 2 is 1.97 bits per heavy atom. The van der Waals surface area contributed by atoms with Gasteiger partial charge < -0.3 is 10.6 Å². The first-order chi connectivity index (χ1) is 15.7. The van der Waals surface area contributed by atoms with E-state index in [0.717, 1.165) is 49.4 Å². The number of anilines is 1. The molecular weight excluding hydrogens is 457 g/mol. The van der Waals surface area contributed by atoms with Crippen LogP contribution in [0.25, 0.3) is 5.69 Å². The lowest BCUT2D eigenvalue weighted by atomic mass is 9.72. The van der Waals surface area contributed by atoms with Crippen LogP contribution in [0.4, 0.5) is 5.82 Å². The van der Waals surface area contributed by atoms with Crippen molar-refractivity contribution in [1.29, 1.82) is 0 Å². The largest absolute Gasteiger partial charge is 0.356 e. The molecule has 1 aliphatic heterocycles. The lowest BCUT2D eigenvalue weighted by Crippen LogP contribution is -2.48. The summed E-state index contributed by atoms with van der Waals surface area (Å²) >= 11 is 12.6. The Morgan fingerprint density at radius 3 is 2.61 bits per heavy atom. The van der Waals surface area contributed by atoms with Gasteiger partial charge in [0.15, 0.2) is 0 Å². The van der Waals surface area contributed by atoms with Gasteiger partial charge >= 0.3 is 0 Å². The van der Waals surface area contributed by atoms with E-state index in [4.69, 9.17) is 33.9 Å². The van der Waals surface area contributed by atoms with Crippen LogP contribution in [0.3, 0.4) is 0 Å². The maximum absolute atomic E-state index is 13.4. The molecule has 1 saturated heterocycles. The van der Waals surface area contributed by atoms with Crippen LogP contribution in [0.2, 0.25) is 10.0 Å². The van der Waals surface area contributed by atoms with Crippen LogP contribution in [0.5, 0.6) is 0 Å². The summed E-state index contributed by atoms with van der Waals surface area (Å²) in [6.07, 6.45) is 6.71. The van der Waals surface area contributed by atoms with Gasteiger partial charge in [0.25, 0.3) is 5.56 Å². The first kappa shape index (κ1) is 23.7. The molecular formula is C25H29Cl2N5O. The zero-order valence-electron chi connectivity index (χ0n) is 19.2. The van der Waals surface area contributed by atoms with Crippen molar-refractivity contribution in [1.82, 2.24) is 9.55 Å². The molecule has 1 aromatic heterocycles. The fourth-order valence-corrected chi connectivity index (χ4v) is 5.57. The molecule has 0 amide bonds. The second-order valence-electron chi connectivity index (χ2n) is 8.89. The Bertz CT molecular complexity index is 1220. The van der Waals surface area contributed by atoms with E-state index < -0.39 is 0 Å². The highest BCUT2D eigenvalue weighted by atomic mass is 35.5. The van der Waals surface area contributed by atoms with E-state index in [0.29, 0.717) is 27.1 Å². The molecule has 174 valence electrons. The average molecular weight is 486 g/mol. The van der Waals surface area contributed by atoms with Gasteiger partial charge in [-0.2, -0.15) is 0 Å². The van der Waals surface area contributed by atoms with E-state index in [1.165, 1.54) is 4.57 Å². The summed E-state index contributed by atoms with van der Waals surface area (Å²) in [6, 6.07) is 5.18. The number of nitrogens with zero attached hydrogens (tertiary/aromatic N) is 4. The van der Waals surface area contributed by atoms with Gasteiger partial charge in [-0.1, -0.05) is 41.4 Å². The second-order valence-corrected chi connectivity index (χ2v) is 9.67. The molecule has 1 aromatic carbocycles. The van der Waals surface area contributed by atoms with E-state index in [9.17, 15) is 4.79 Å². The summed E-state index contributed by atoms with van der Waals surface area (Å²) in [4.78, 5) is 24.6. The number of halogens is 2. The molecule has 0 radical (unpaired) electrons. The lowest BCUT2D eigenvalue weighted by molar-refractivity contribution is 0.203. The number of aromatic nitrogens is 2. The number of nitrogens with two attached hydrogens (primary N) is 1. The third kappa shape index (κ3) is 3.94. The van der Waals surface area contributed by atoms with Crippen molar-refractivity contribution in [3.05, 3.63) is 73.4 Å². The molecule has 1 atom stereocenters. The smallest absolute Gasteiger partial charge is 0.263 e. The fourth-order valence-electron chi connectivity index (χ4n) is 5.19. The van der Waals surface area contributed by atoms with Crippen molar-refractivity contribution in [2.75, 3.05) is 18.0 Å². The molecule has 6 nitrogen and oxygen atoms in total. The number of hydrogen-bond donors (Lipinski definition) is 1. The molecule has 0 unspecified atom stereocenters. The molecule has 0 saturated carbocycles.